The zero-order valence-corrected chi connectivity index (χ0v) is 16.8. The van der Waals surface area contributed by atoms with Gasteiger partial charge in [-0.05, 0) is 31.2 Å². The van der Waals surface area contributed by atoms with Crippen LogP contribution in [0.4, 0.5) is 5.69 Å². The van der Waals surface area contributed by atoms with Gasteiger partial charge in [0.15, 0.2) is 0 Å². The van der Waals surface area contributed by atoms with Crippen molar-refractivity contribution in [2.45, 2.75) is 13.5 Å². The van der Waals surface area contributed by atoms with Crippen molar-refractivity contribution in [2.75, 3.05) is 37.7 Å². The smallest absolute Gasteiger partial charge is 0.273 e. The molecule has 8 heteroatoms. The molecule has 0 bridgehead atoms. The molecule has 3 aromatic rings. The summed E-state index contributed by atoms with van der Waals surface area (Å²) in [4.78, 5) is 41.6. The van der Waals surface area contributed by atoms with E-state index in [-0.39, 0.29) is 23.6 Å². The van der Waals surface area contributed by atoms with E-state index in [2.05, 4.69) is 10.00 Å². The van der Waals surface area contributed by atoms with E-state index in [1.807, 2.05) is 31.2 Å². The third kappa shape index (κ3) is 3.80. The van der Waals surface area contributed by atoms with Crippen molar-refractivity contribution in [1.82, 2.24) is 14.7 Å². The zero-order chi connectivity index (χ0) is 21.1. The summed E-state index contributed by atoms with van der Waals surface area (Å²) in [6.45, 7) is 4.75. The van der Waals surface area contributed by atoms with Gasteiger partial charge in [-0.25, -0.2) is 4.68 Å². The Morgan fingerprint density at radius 1 is 0.967 bits per heavy atom. The van der Waals surface area contributed by atoms with Gasteiger partial charge in [0.1, 0.15) is 12.3 Å². The zero-order valence-electron chi connectivity index (χ0n) is 16.8. The van der Waals surface area contributed by atoms with Gasteiger partial charge in [0.25, 0.3) is 11.1 Å². The van der Waals surface area contributed by atoms with E-state index in [1.54, 1.807) is 29.2 Å². The number of carbonyl (C=O) groups excluding carboxylic acids is 1. The minimum absolute atomic E-state index is 0.186. The Labute approximate surface area is 173 Å². The Morgan fingerprint density at radius 2 is 1.63 bits per heavy atom. The summed E-state index contributed by atoms with van der Waals surface area (Å²) in [5.74, 6) is 0.640. The minimum atomic E-state index is -0.379. The number of hydrogen-bond acceptors (Lipinski definition) is 5. The first kappa shape index (κ1) is 19.8. The predicted molar refractivity (Wildman–Crippen MR) is 115 cm³/mol. The average Bonchev–Trinajstić information content (AvgIpc) is 2.78. The molecule has 0 radical (unpaired) electrons. The monoisotopic (exact) mass is 408 g/mol. The molecule has 1 N–H and O–H groups in total. The second-order valence-electron chi connectivity index (χ2n) is 7.15. The van der Waals surface area contributed by atoms with Gasteiger partial charge in [0.05, 0.1) is 23.1 Å². The highest BCUT2D eigenvalue weighted by atomic mass is 16.5. The number of rotatable bonds is 5. The summed E-state index contributed by atoms with van der Waals surface area (Å²) in [5.41, 5.74) is 0.264. The average molecular weight is 408 g/mol. The van der Waals surface area contributed by atoms with E-state index in [9.17, 15) is 14.4 Å². The molecule has 1 fully saturated rings. The fourth-order valence-corrected chi connectivity index (χ4v) is 3.79. The highest BCUT2D eigenvalue weighted by Crippen LogP contribution is 2.28. The second kappa shape index (κ2) is 8.44. The summed E-state index contributed by atoms with van der Waals surface area (Å²) in [7, 11) is 0. The topological polar surface area (TPSA) is 87.6 Å². The number of H-pyrrole nitrogens is 1. The number of carbonyl (C=O) groups is 1. The summed E-state index contributed by atoms with van der Waals surface area (Å²) >= 11 is 0. The van der Waals surface area contributed by atoms with Crippen LogP contribution in [0.1, 0.15) is 6.92 Å². The number of nitrogens with zero attached hydrogens (tertiary/aromatic N) is 3. The van der Waals surface area contributed by atoms with Crippen molar-refractivity contribution in [2.24, 2.45) is 0 Å². The number of benzene rings is 2. The van der Waals surface area contributed by atoms with Gasteiger partial charge in [0, 0.05) is 26.2 Å². The highest BCUT2D eigenvalue weighted by Gasteiger charge is 2.23. The van der Waals surface area contributed by atoms with Crippen LogP contribution in [0.3, 0.4) is 0 Å². The van der Waals surface area contributed by atoms with Crippen molar-refractivity contribution < 1.29 is 9.53 Å². The lowest BCUT2D eigenvalue weighted by atomic mass is 10.2. The second-order valence-corrected chi connectivity index (χ2v) is 7.15. The Hall–Kier alpha value is -3.55. The molecule has 0 aliphatic carbocycles. The molecule has 0 spiro atoms. The molecule has 1 aliphatic heterocycles. The largest absolute Gasteiger partial charge is 0.492 e. The van der Waals surface area contributed by atoms with Crippen molar-refractivity contribution in [3.63, 3.8) is 0 Å². The van der Waals surface area contributed by atoms with E-state index >= 15 is 0 Å². The maximum Gasteiger partial charge on any atom is 0.273 e. The SMILES string of the molecule is CCOc1ccccc1N1CCN(C(=O)Cn2[nH]c(=O)c3ccccc3c2=O)CC1. The number of amides is 1. The van der Waals surface area contributed by atoms with Crippen LogP contribution in [0.25, 0.3) is 10.8 Å². The number of aromatic nitrogens is 2. The van der Waals surface area contributed by atoms with E-state index in [1.165, 1.54) is 0 Å². The van der Waals surface area contributed by atoms with Crippen LogP contribution >= 0.6 is 0 Å². The molecule has 0 atom stereocenters. The third-order valence-corrected chi connectivity index (χ3v) is 5.32. The molecule has 1 aromatic heterocycles. The van der Waals surface area contributed by atoms with Crippen molar-refractivity contribution in [1.29, 1.82) is 0 Å². The predicted octanol–water partition coefficient (Wildman–Crippen LogP) is 1.44. The number of anilines is 1. The number of para-hydroxylation sites is 2. The van der Waals surface area contributed by atoms with E-state index < -0.39 is 0 Å². The van der Waals surface area contributed by atoms with Gasteiger partial charge in [0.2, 0.25) is 5.91 Å². The Morgan fingerprint density at radius 3 is 2.37 bits per heavy atom. The van der Waals surface area contributed by atoms with Gasteiger partial charge in [-0.3, -0.25) is 19.5 Å². The fraction of sp³-hybridized carbons (Fsp3) is 0.318. The van der Waals surface area contributed by atoms with Crippen LogP contribution in [0.15, 0.2) is 58.1 Å². The highest BCUT2D eigenvalue weighted by molar-refractivity contribution is 5.81. The molecule has 1 aliphatic rings. The van der Waals surface area contributed by atoms with Crippen molar-refractivity contribution in [3.8, 4) is 5.75 Å². The molecule has 4 rings (SSSR count). The normalized spacial score (nSPS) is 14.2. The maximum absolute atomic E-state index is 12.8. The molecular weight excluding hydrogens is 384 g/mol. The number of nitrogens with one attached hydrogen (secondary N) is 1. The number of piperazine rings is 1. The summed E-state index contributed by atoms with van der Waals surface area (Å²) in [6.07, 6.45) is 0. The molecule has 2 aromatic carbocycles. The molecule has 8 nitrogen and oxygen atoms in total. The van der Waals surface area contributed by atoms with E-state index in [0.29, 0.717) is 43.6 Å². The van der Waals surface area contributed by atoms with Gasteiger partial charge < -0.3 is 14.5 Å². The Bertz CT molecular complexity index is 1180. The van der Waals surface area contributed by atoms with Gasteiger partial charge in [-0.1, -0.05) is 24.3 Å². The number of fused-ring (bicyclic) bond motifs is 1. The molecule has 156 valence electrons. The lowest BCUT2D eigenvalue weighted by molar-refractivity contribution is -0.132. The first-order chi connectivity index (χ1) is 14.6. The van der Waals surface area contributed by atoms with Crippen LogP contribution in [-0.2, 0) is 11.3 Å². The minimum Gasteiger partial charge on any atom is -0.492 e. The summed E-state index contributed by atoms with van der Waals surface area (Å²) in [6, 6.07) is 14.5. The molecule has 1 amide bonds. The van der Waals surface area contributed by atoms with Crippen molar-refractivity contribution >= 4 is 22.4 Å². The third-order valence-electron chi connectivity index (χ3n) is 5.32. The van der Waals surface area contributed by atoms with Gasteiger partial charge in [-0.2, -0.15) is 0 Å². The molecule has 30 heavy (non-hydrogen) atoms. The number of aromatic amines is 1. The Balaban J connectivity index is 1.46. The molecule has 2 heterocycles. The van der Waals surface area contributed by atoms with Crippen LogP contribution in [0.2, 0.25) is 0 Å². The standard InChI is InChI=1S/C22H24N4O4/c1-2-30-19-10-6-5-9-18(19)24-11-13-25(14-12-24)20(27)15-26-22(29)17-8-4-3-7-16(17)21(28)23-26/h3-10H,2,11-15H2,1H3,(H,23,28). The molecule has 1 saturated heterocycles. The van der Waals surface area contributed by atoms with E-state index in [0.717, 1.165) is 16.1 Å². The summed E-state index contributed by atoms with van der Waals surface area (Å²) < 4.78 is 6.81. The van der Waals surface area contributed by atoms with Crippen LogP contribution in [0, 0.1) is 0 Å². The first-order valence-electron chi connectivity index (χ1n) is 10.0. The molecular formula is C22H24N4O4. The van der Waals surface area contributed by atoms with Crippen LogP contribution in [-0.4, -0.2) is 53.4 Å². The molecule has 0 saturated carbocycles. The quantitative estimate of drug-likeness (QED) is 0.690. The molecule has 0 unspecified atom stereocenters. The number of hydrogen-bond donors (Lipinski definition) is 1. The van der Waals surface area contributed by atoms with Gasteiger partial charge in [-0.15, -0.1) is 0 Å². The van der Waals surface area contributed by atoms with Gasteiger partial charge >= 0.3 is 0 Å². The maximum atomic E-state index is 12.8. The first-order valence-corrected chi connectivity index (χ1v) is 10.0. The Kier molecular flexibility index (Phi) is 5.56. The lowest BCUT2D eigenvalue weighted by Crippen LogP contribution is -2.50. The van der Waals surface area contributed by atoms with Crippen LogP contribution in [0.5, 0.6) is 5.75 Å². The number of ether oxygens (including phenoxy) is 1. The van der Waals surface area contributed by atoms with Crippen molar-refractivity contribution in [3.05, 3.63) is 69.2 Å². The van der Waals surface area contributed by atoms with E-state index in [4.69, 9.17) is 4.74 Å². The van der Waals surface area contributed by atoms with Crippen LogP contribution < -0.4 is 20.8 Å². The lowest BCUT2D eigenvalue weighted by Gasteiger charge is -2.36. The fourth-order valence-electron chi connectivity index (χ4n) is 3.79. The summed E-state index contributed by atoms with van der Waals surface area (Å²) in [5, 5.41) is 3.16.